The third-order valence-corrected chi connectivity index (χ3v) is 8.21. The number of carbonyl (C=O) groups is 1. The Kier molecular flexibility index (Phi) is 6.18. The fraction of sp³-hybridized carbons (Fsp3) is 0.545. The Hall–Kier alpha value is -2.23. The minimum absolute atomic E-state index is 0.00355. The highest BCUT2D eigenvalue weighted by Gasteiger charge is 2.31. The highest BCUT2D eigenvalue weighted by molar-refractivity contribution is 7.89. The number of aromatic nitrogens is 1. The van der Waals surface area contributed by atoms with E-state index in [1.54, 1.807) is 11.0 Å². The van der Waals surface area contributed by atoms with Gasteiger partial charge in [0.25, 0.3) is 0 Å². The van der Waals surface area contributed by atoms with Gasteiger partial charge >= 0.3 is 0 Å². The summed E-state index contributed by atoms with van der Waals surface area (Å²) in [6, 6.07) is 5.50. The molecule has 8 nitrogen and oxygen atoms in total. The quantitative estimate of drug-likeness (QED) is 0.672. The molecule has 0 N–H and O–H groups in total. The van der Waals surface area contributed by atoms with Crippen LogP contribution >= 0.6 is 0 Å². The third kappa shape index (κ3) is 4.53. The monoisotopic (exact) mass is 446 g/mol. The van der Waals surface area contributed by atoms with Crippen molar-refractivity contribution in [1.29, 1.82) is 0 Å². The molecule has 168 valence electrons. The van der Waals surface area contributed by atoms with Gasteiger partial charge in [0, 0.05) is 38.3 Å². The Morgan fingerprint density at radius 3 is 2.52 bits per heavy atom. The van der Waals surface area contributed by atoms with Crippen molar-refractivity contribution in [2.45, 2.75) is 44.6 Å². The summed E-state index contributed by atoms with van der Waals surface area (Å²) in [5.41, 5.74) is 4.24. The van der Waals surface area contributed by atoms with Crippen molar-refractivity contribution in [3.05, 3.63) is 46.3 Å². The number of piperazine rings is 1. The molecule has 9 heteroatoms. The molecular weight excluding hydrogens is 416 g/mol. The second-order valence-electron chi connectivity index (χ2n) is 8.54. The predicted octanol–water partition coefficient (Wildman–Crippen LogP) is 1.75. The lowest BCUT2D eigenvalue weighted by Gasteiger charge is -2.34. The van der Waals surface area contributed by atoms with Crippen molar-refractivity contribution in [3.63, 3.8) is 0 Å². The molecule has 4 rings (SSSR count). The molecule has 0 saturated carbocycles. The van der Waals surface area contributed by atoms with Gasteiger partial charge in [-0.3, -0.25) is 9.69 Å². The van der Waals surface area contributed by atoms with Crippen LogP contribution in [0.4, 0.5) is 0 Å². The lowest BCUT2D eigenvalue weighted by molar-refractivity contribution is -0.133. The van der Waals surface area contributed by atoms with E-state index in [4.69, 9.17) is 4.52 Å². The third-order valence-electron chi connectivity index (χ3n) is 6.31. The molecule has 31 heavy (non-hydrogen) atoms. The Balaban J connectivity index is 1.33. The first-order chi connectivity index (χ1) is 14.8. The van der Waals surface area contributed by atoms with Gasteiger partial charge in [-0.2, -0.15) is 4.31 Å². The number of benzene rings is 1. The molecule has 0 spiro atoms. The van der Waals surface area contributed by atoms with E-state index in [0.717, 1.165) is 41.8 Å². The molecule has 1 aliphatic heterocycles. The van der Waals surface area contributed by atoms with E-state index in [-0.39, 0.29) is 12.5 Å². The van der Waals surface area contributed by atoms with E-state index in [1.165, 1.54) is 9.87 Å². The van der Waals surface area contributed by atoms with Crippen molar-refractivity contribution in [2.24, 2.45) is 0 Å². The summed E-state index contributed by atoms with van der Waals surface area (Å²) in [4.78, 5) is 16.8. The van der Waals surface area contributed by atoms with Crippen LogP contribution in [0.2, 0.25) is 0 Å². The van der Waals surface area contributed by atoms with Gasteiger partial charge in [-0.1, -0.05) is 11.2 Å². The number of aryl methyl sites for hydroxylation is 4. The largest absolute Gasteiger partial charge is 0.361 e. The zero-order valence-corrected chi connectivity index (χ0v) is 19.2. The first-order valence-corrected chi connectivity index (χ1v) is 12.2. The number of hydrogen-bond acceptors (Lipinski definition) is 6. The number of nitrogens with zero attached hydrogens (tertiary/aromatic N) is 4. The Morgan fingerprint density at radius 1 is 1.13 bits per heavy atom. The Labute approximate surface area is 183 Å². The van der Waals surface area contributed by atoms with Gasteiger partial charge < -0.3 is 9.42 Å². The van der Waals surface area contributed by atoms with E-state index in [2.05, 4.69) is 5.16 Å². The van der Waals surface area contributed by atoms with E-state index >= 15 is 0 Å². The first kappa shape index (κ1) is 22.0. The van der Waals surface area contributed by atoms with Crippen molar-refractivity contribution >= 4 is 15.9 Å². The summed E-state index contributed by atoms with van der Waals surface area (Å²) < 4.78 is 32.9. The molecule has 0 atom stereocenters. The standard InChI is InChI=1S/C22H30N4O4S/c1-16-21(17(2)30-23-16)14-24(3)15-22(27)25-9-11-26(12-10-25)31(28,29)20-8-7-18-5-4-6-19(18)13-20/h7-8,13H,4-6,9-12,14-15H2,1-3H3. The number of sulfonamides is 1. The molecule has 1 fully saturated rings. The zero-order valence-electron chi connectivity index (χ0n) is 18.4. The average Bonchev–Trinajstić information content (AvgIpc) is 3.35. The first-order valence-electron chi connectivity index (χ1n) is 10.8. The molecule has 0 bridgehead atoms. The lowest BCUT2D eigenvalue weighted by Crippen LogP contribution is -2.52. The molecule has 0 unspecified atom stereocenters. The molecule has 0 radical (unpaired) electrons. The molecular formula is C22H30N4O4S. The smallest absolute Gasteiger partial charge is 0.243 e. The Morgan fingerprint density at radius 2 is 1.84 bits per heavy atom. The summed E-state index contributed by atoms with van der Waals surface area (Å²) in [6.45, 7) is 6.05. The molecule has 2 aliphatic rings. The highest BCUT2D eigenvalue weighted by atomic mass is 32.2. The molecule has 2 heterocycles. The molecule has 1 aromatic heterocycles. The van der Waals surface area contributed by atoms with Crippen molar-refractivity contribution in [3.8, 4) is 0 Å². The van der Waals surface area contributed by atoms with Gasteiger partial charge in [0.2, 0.25) is 15.9 Å². The van der Waals surface area contributed by atoms with Crippen LogP contribution in [0.5, 0.6) is 0 Å². The number of rotatable bonds is 6. The summed E-state index contributed by atoms with van der Waals surface area (Å²) in [6.07, 6.45) is 3.06. The molecule has 1 saturated heterocycles. The van der Waals surface area contributed by atoms with Crippen LogP contribution in [-0.2, 0) is 34.2 Å². The number of amides is 1. The maximum absolute atomic E-state index is 13.1. The van der Waals surface area contributed by atoms with E-state index < -0.39 is 10.0 Å². The van der Waals surface area contributed by atoms with Crippen LogP contribution in [0, 0.1) is 13.8 Å². The summed E-state index contributed by atoms with van der Waals surface area (Å²) in [5.74, 6) is 0.769. The fourth-order valence-corrected chi connectivity index (χ4v) is 5.89. The van der Waals surface area contributed by atoms with Crippen LogP contribution in [-0.4, -0.2) is 73.4 Å². The van der Waals surface area contributed by atoms with Crippen molar-refractivity contribution in [2.75, 3.05) is 39.8 Å². The SMILES string of the molecule is Cc1noc(C)c1CN(C)CC(=O)N1CCN(S(=O)(=O)c2ccc3c(c2)CCC3)CC1. The van der Waals surface area contributed by atoms with Gasteiger partial charge in [0.1, 0.15) is 5.76 Å². The minimum atomic E-state index is -3.53. The van der Waals surface area contributed by atoms with Crippen LogP contribution in [0.15, 0.2) is 27.6 Å². The minimum Gasteiger partial charge on any atom is -0.361 e. The summed E-state index contributed by atoms with van der Waals surface area (Å²) >= 11 is 0. The van der Waals surface area contributed by atoms with Crippen LogP contribution in [0.1, 0.15) is 34.6 Å². The van der Waals surface area contributed by atoms with Crippen molar-refractivity contribution < 1.29 is 17.7 Å². The second-order valence-corrected chi connectivity index (χ2v) is 10.5. The van der Waals surface area contributed by atoms with Crippen LogP contribution < -0.4 is 0 Å². The predicted molar refractivity (Wildman–Crippen MR) is 116 cm³/mol. The molecule has 1 aromatic carbocycles. The number of carbonyl (C=O) groups excluding carboxylic acids is 1. The van der Waals surface area contributed by atoms with Crippen LogP contribution in [0.25, 0.3) is 0 Å². The summed E-state index contributed by atoms with van der Waals surface area (Å²) in [5, 5.41) is 3.95. The van der Waals surface area contributed by atoms with E-state index in [9.17, 15) is 13.2 Å². The van der Waals surface area contributed by atoms with Crippen molar-refractivity contribution in [1.82, 2.24) is 19.3 Å². The van der Waals surface area contributed by atoms with Gasteiger partial charge in [-0.05, 0) is 63.4 Å². The number of likely N-dealkylation sites (N-methyl/N-ethyl adjacent to an activating group) is 1. The maximum atomic E-state index is 13.1. The topological polar surface area (TPSA) is 87.0 Å². The van der Waals surface area contributed by atoms with Crippen LogP contribution in [0.3, 0.4) is 0 Å². The second kappa shape index (κ2) is 8.72. The van der Waals surface area contributed by atoms with Gasteiger partial charge in [0.05, 0.1) is 17.1 Å². The van der Waals surface area contributed by atoms with E-state index in [0.29, 0.717) is 37.6 Å². The van der Waals surface area contributed by atoms with Gasteiger partial charge in [-0.15, -0.1) is 0 Å². The van der Waals surface area contributed by atoms with E-state index in [1.807, 2.05) is 37.9 Å². The highest BCUT2D eigenvalue weighted by Crippen LogP contribution is 2.26. The zero-order chi connectivity index (χ0) is 22.2. The number of hydrogen-bond donors (Lipinski definition) is 0. The number of fused-ring (bicyclic) bond motifs is 1. The Bertz CT molecular complexity index is 1050. The molecule has 2 aromatic rings. The van der Waals surface area contributed by atoms with Gasteiger partial charge in [0.15, 0.2) is 0 Å². The normalized spacial score (nSPS) is 17.4. The fourth-order valence-electron chi connectivity index (χ4n) is 4.42. The summed E-state index contributed by atoms with van der Waals surface area (Å²) in [7, 11) is -1.64. The maximum Gasteiger partial charge on any atom is 0.243 e. The van der Waals surface area contributed by atoms with Gasteiger partial charge in [-0.25, -0.2) is 8.42 Å². The lowest BCUT2D eigenvalue weighted by atomic mass is 10.1. The molecule has 1 aliphatic carbocycles. The average molecular weight is 447 g/mol. The molecule has 1 amide bonds.